The molecule has 0 amide bonds. The van der Waals surface area contributed by atoms with Crippen molar-refractivity contribution >= 4 is 22.4 Å². The van der Waals surface area contributed by atoms with Crippen molar-refractivity contribution in [3.8, 4) is 11.3 Å². The number of likely N-dealkylation sites (N-methyl/N-ethyl adjacent to an activating group) is 1. The van der Waals surface area contributed by atoms with Crippen molar-refractivity contribution in [1.29, 1.82) is 0 Å². The number of Topliss-reactive ketones (excluding diaryl/α,β-unsaturated/α-hetero) is 1. The number of ketones is 1. The van der Waals surface area contributed by atoms with E-state index in [2.05, 4.69) is 37.9 Å². The maximum atomic E-state index is 13.2. The number of hydrogen-bond donors (Lipinski definition) is 0. The summed E-state index contributed by atoms with van der Waals surface area (Å²) in [7, 11) is 2.14. The Bertz CT molecular complexity index is 1460. The molecule has 1 fully saturated rings. The molecule has 0 bridgehead atoms. The Morgan fingerprint density at radius 2 is 1.87 bits per heavy atom. The SMILES string of the molecule is CN1CCN(c2cccc(C(=O)Cc3cc4nc(-c5cnn6c5CN(CCF)CC6)ccc4cn3)c2)CC1. The largest absolute Gasteiger partial charge is 0.369 e. The minimum Gasteiger partial charge on any atom is -0.369 e. The van der Waals surface area contributed by atoms with Gasteiger partial charge in [-0.3, -0.25) is 19.4 Å². The molecular weight excluding hydrogens is 481 g/mol. The maximum Gasteiger partial charge on any atom is 0.168 e. The van der Waals surface area contributed by atoms with Gasteiger partial charge in [0.2, 0.25) is 0 Å². The number of anilines is 1. The first-order chi connectivity index (χ1) is 18.6. The zero-order valence-electron chi connectivity index (χ0n) is 21.7. The Hall–Kier alpha value is -3.69. The zero-order valence-corrected chi connectivity index (χ0v) is 21.7. The number of carbonyl (C=O) groups excluding carboxylic acids is 1. The number of benzene rings is 1. The molecule has 0 aliphatic carbocycles. The maximum absolute atomic E-state index is 13.2. The average Bonchev–Trinajstić information content (AvgIpc) is 3.37. The van der Waals surface area contributed by atoms with E-state index in [1.807, 2.05) is 47.3 Å². The van der Waals surface area contributed by atoms with Crippen molar-refractivity contribution in [2.45, 2.75) is 19.5 Å². The Morgan fingerprint density at radius 3 is 2.71 bits per heavy atom. The van der Waals surface area contributed by atoms with Crippen LogP contribution in [0.4, 0.5) is 10.1 Å². The van der Waals surface area contributed by atoms with E-state index < -0.39 is 0 Å². The molecule has 2 aliphatic heterocycles. The van der Waals surface area contributed by atoms with E-state index in [4.69, 9.17) is 4.98 Å². The van der Waals surface area contributed by atoms with Gasteiger partial charge in [-0.25, -0.2) is 9.37 Å². The van der Waals surface area contributed by atoms with Crippen LogP contribution in [0.3, 0.4) is 0 Å². The van der Waals surface area contributed by atoms with Crippen LogP contribution in [-0.4, -0.2) is 88.3 Å². The van der Waals surface area contributed by atoms with E-state index in [-0.39, 0.29) is 18.9 Å². The molecule has 9 heteroatoms. The van der Waals surface area contributed by atoms with Gasteiger partial charge in [0.05, 0.1) is 41.8 Å². The number of aromatic nitrogens is 4. The lowest BCUT2D eigenvalue weighted by Gasteiger charge is -2.34. The Labute approximate surface area is 221 Å². The highest BCUT2D eigenvalue weighted by Gasteiger charge is 2.22. The summed E-state index contributed by atoms with van der Waals surface area (Å²) in [6.45, 7) is 6.23. The van der Waals surface area contributed by atoms with Gasteiger partial charge in [0.15, 0.2) is 5.78 Å². The lowest BCUT2D eigenvalue weighted by atomic mass is 10.0. The molecule has 1 saturated heterocycles. The van der Waals surface area contributed by atoms with Crippen LogP contribution in [0.5, 0.6) is 0 Å². The van der Waals surface area contributed by atoms with E-state index in [1.165, 1.54) is 0 Å². The van der Waals surface area contributed by atoms with Crippen molar-refractivity contribution in [2.24, 2.45) is 0 Å². The fourth-order valence-electron chi connectivity index (χ4n) is 5.33. The monoisotopic (exact) mass is 513 g/mol. The average molecular weight is 514 g/mol. The van der Waals surface area contributed by atoms with Gasteiger partial charge in [-0.15, -0.1) is 0 Å². The van der Waals surface area contributed by atoms with Crippen LogP contribution < -0.4 is 4.90 Å². The first kappa shape index (κ1) is 24.6. The number of nitrogens with zero attached hydrogens (tertiary/aromatic N) is 7. The number of pyridine rings is 2. The molecule has 0 spiro atoms. The van der Waals surface area contributed by atoms with E-state index >= 15 is 0 Å². The Kier molecular flexibility index (Phi) is 6.86. The summed E-state index contributed by atoms with van der Waals surface area (Å²) in [4.78, 5) is 29.4. The summed E-state index contributed by atoms with van der Waals surface area (Å²) in [6.07, 6.45) is 3.85. The quantitative estimate of drug-likeness (QED) is 0.351. The predicted molar refractivity (Wildman–Crippen MR) is 146 cm³/mol. The van der Waals surface area contributed by atoms with Crippen LogP contribution in [0.15, 0.2) is 54.9 Å². The highest BCUT2D eigenvalue weighted by Crippen LogP contribution is 2.27. The van der Waals surface area contributed by atoms with Crippen molar-refractivity contribution in [1.82, 2.24) is 29.5 Å². The van der Waals surface area contributed by atoms with E-state index in [0.29, 0.717) is 24.3 Å². The molecule has 3 aromatic heterocycles. The summed E-state index contributed by atoms with van der Waals surface area (Å²) in [5.74, 6) is 0.0441. The number of alkyl halides is 1. The molecule has 6 rings (SSSR count). The second-order valence-corrected chi connectivity index (χ2v) is 10.2. The molecule has 0 unspecified atom stereocenters. The molecule has 196 valence electrons. The first-order valence-corrected chi connectivity index (χ1v) is 13.2. The molecule has 2 aliphatic rings. The van der Waals surface area contributed by atoms with Crippen LogP contribution in [0.2, 0.25) is 0 Å². The summed E-state index contributed by atoms with van der Waals surface area (Å²) in [6, 6.07) is 13.8. The summed E-state index contributed by atoms with van der Waals surface area (Å²) in [5.41, 5.74) is 6.13. The fourth-order valence-corrected chi connectivity index (χ4v) is 5.33. The molecule has 1 aromatic carbocycles. The molecule has 8 nitrogen and oxygen atoms in total. The number of halogens is 1. The van der Waals surface area contributed by atoms with Crippen molar-refractivity contribution in [2.75, 3.05) is 57.9 Å². The van der Waals surface area contributed by atoms with Crippen molar-refractivity contribution in [3.05, 3.63) is 71.8 Å². The zero-order chi connectivity index (χ0) is 26.1. The lowest BCUT2D eigenvalue weighted by Crippen LogP contribution is -2.44. The van der Waals surface area contributed by atoms with Crippen LogP contribution in [-0.2, 0) is 19.5 Å². The smallest absolute Gasteiger partial charge is 0.168 e. The molecule has 0 saturated carbocycles. The van der Waals surface area contributed by atoms with Gasteiger partial charge in [0, 0.05) is 74.2 Å². The lowest BCUT2D eigenvalue weighted by molar-refractivity contribution is 0.0992. The molecule has 0 N–H and O–H groups in total. The molecular formula is C29H32FN7O. The van der Waals surface area contributed by atoms with Gasteiger partial charge >= 0.3 is 0 Å². The Morgan fingerprint density at radius 1 is 1.00 bits per heavy atom. The molecule has 5 heterocycles. The molecule has 4 aromatic rings. The summed E-state index contributed by atoms with van der Waals surface area (Å²) < 4.78 is 14.9. The first-order valence-electron chi connectivity index (χ1n) is 13.2. The third-order valence-corrected chi connectivity index (χ3v) is 7.64. The highest BCUT2D eigenvalue weighted by molar-refractivity contribution is 5.98. The second-order valence-electron chi connectivity index (χ2n) is 10.2. The van der Waals surface area contributed by atoms with Crippen LogP contribution >= 0.6 is 0 Å². The molecule has 0 radical (unpaired) electrons. The minimum absolute atomic E-state index is 0.0441. The van der Waals surface area contributed by atoms with Gasteiger partial charge in [0.25, 0.3) is 0 Å². The van der Waals surface area contributed by atoms with Crippen LogP contribution in [0.25, 0.3) is 22.2 Å². The predicted octanol–water partition coefficient (Wildman–Crippen LogP) is 3.46. The van der Waals surface area contributed by atoms with Crippen LogP contribution in [0, 0.1) is 0 Å². The van der Waals surface area contributed by atoms with Gasteiger partial charge in [-0.2, -0.15) is 5.10 Å². The van der Waals surface area contributed by atoms with Crippen molar-refractivity contribution in [3.63, 3.8) is 0 Å². The van der Waals surface area contributed by atoms with Gasteiger partial charge in [-0.1, -0.05) is 12.1 Å². The fraction of sp³-hybridized carbons (Fsp3) is 0.379. The standard InChI is InChI=1S/C29H32FN7O/c1-34-9-12-36(13-10-34)24-4-2-3-21(15-24)29(38)17-23-16-27-22(18-31-23)5-6-26(33-27)25-19-32-37-14-11-35(8-7-30)20-28(25)37/h2-6,15-16,18-19H,7-14,17,20H2,1H3. The number of rotatable bonds is 7. The summed E-state index contributed by atoms with van der Waals surface area (Å²) >= 11 is 0. The van der Waals surface area contributed by atoms with Crippen molar-refractivity contribution < 1.29 is 9.18 Å². The topological polar surface area (TPSA) is 70.4 Å². The highest BCUT2D eigenvalue weighted by atomic mass is 19.1. The summed E-state index contributed by atoms with van der Waals surface area (Å²) in [5, 5.41) is 5.45. The van der Waals surface area contributed by atoms with Crippen LogP contribution in [0.1, 0.15) is 21.7 Å². The third kappa shape index (κ3) is 5.04. The van der Waals surface area contributed by atoms with Gasteiger partial charge < -0.3 is 9.80 Å². The number of hydrogen-bond acceptors (Lipinski definition) is 7. The van der Waals surface area contributed by atoms with E-state index in [9.17, 15) is 9.18 Å². The number of piperazine rings is 1. The third-order valence-electron chi connectivity index (χ3n) is 7.64. The molecule has 38 heavy (non-hydrogen) atoms. The van der Waals surface area contributed by atoms with E-state index in [1.54, 1.807) is 6.20 Å². The minimum atomic E-state index is -0.355. The van der Waals surface area contributed by atoms with Gasteiger partial charge in [0.1, 0.15) is 6.67 Å². The van der Waals surface area contributed by atoms with Gasteiger partial charge in [-0.05, 0) is 37.4 Å². The normalized spacial score (nSPS) is 16.6. The molecule has 0 atom stereocenters. The second kappa shape index (κ2) is 10.6. The number of fused-ring (bicyclic) bond motifs is 2. The number of carbonyl (C=O) groups is 1. The van der Waals surface area contributed by atoms with E-state index in [0.717, 1.165) is 72.8 Å². The Balaban J connectivity index is 1.22.